The number of hydrogen-bond donors (Lipinski definition) is 1. The number of carbonyl (C=O) groups is 1. The molecule has 0 radical (unpaired) electrons. The number of amides is 1. The van der Waals surface area contributed by atoms with Crippen LogP contribution in [0.3, 0.4) is 0 Å². The highest BCUT2D eigenvalue weighted by molar-refractivity contribution is 5.75. The molecule has 4 heterocycles. The van der Waals surface area contributed by atoms with Crippen LogP contribution in [0.5, 0.6) is 0 Å². The number of hydrogen-bond acceptors (Lipinski definition) is 5. The van der Waals surface area contributed by atoms with E-state index in [2.05, 4.69) is 31.2 Å². The number of alkyl halides is 2. The summed E-state index contributed by atoms with van der Waals surface area (Å²) >= 11 is 0. The molecule has 1 N–H and O–H groups in total. The van der Waals surface area contributed by atoms with Crippen LogP contribution in [-0.4, -0.2) is 53.4 Å². The number of aryl methyl sites for hydroxylation is 1. The number of anilines is 1. The van der Waals surface area contributed by atoms with E-state index in [1.807, 2.05) is 19.3 Å². The van der Waals surface area contributed by atoms with Gasteiger partial charge in [-0.3, -0.25) is 19.7 Å². The zero-order chi connectivity index (χ0) is 26.4. The van der Waals surface area contributed by atoms with Crippen molar-refractivity contribution in [2.24, 2.45) is 5.41 Å². The number of nitrogens with one attached hydrogen (secondary N) is 1. The van der Waals surface area contributed by atoms with Gasteiger partial charge in [-0.05, 0) is 47.9 Å². The van der Waals surface area contributed by atoms with E-state index in [0.717, 1.165) is 62.0 Å². The average molecular weight is 514 g/mol. The van der Waals surface area contributed by atoms with Gasteiger partial charge in [-0.25, -0.2) is 17.6 Å². The van der Waals surface area contributed by atoms with Gasteiger partial charge in [0, 0.05) is 57.5 Å². The molecule has 1 spiro atoms. The monoisotopic (exact) mass is 513 g/mol. The van der Waals surface area contributed by atoms with Crippen LogP contribution in [0.25, 0.3) is 0 Å². The topological polar surface area (TPSA) is 61.4 Å². The van der Waals surface area contributed by atoms with Gasteiger partial charge in [-0.2, -0.15) is 0 Å². The molecule has 0 unspecified atom stereocenters. The van der Waals surface area contributed by atoms with Gasteiger partial charge in [-0.15, -0.1) is 0 Å². The minimum Gasteiger partial charge on any atom is -0.369 e. The molecular weight excluding hydrogens is 486 g/mol. The summed E-state index contributed by atoms with van der Waals surface area (Å²) in [5.74, 6) is -3.21. The number of nitrogens with zero attached hydrogens (tertiary/aromatic N) is 4. The summed E-state index contributed by atoms with van der Waals surface area (Å²) in [6, 6.07) is 7.67. The van der Waals surface area contributed by atoms with Gasteiger partial charge in [-0.1, -0.05) is 12.1 Å². The molecule has 2 aliphatic rings. The Balaban J connectivity index is 1.28. The number of aromatic nitrogens is 2. The molecule has 0 aliphatic carbocycles. The molecule has 0 saturated carbocycles. The molecule has 2 aromatic heterocycles. The minimum absolute atomic E-state index is 0.158. The van der Waals surface area contributed by atoms with Crippen LogP contribution in [0.4, 0.5) is 23.2 Å². The van der Waals surface area contributed by atoms with Gasteiger partial charge in [0.1, 0.15) is 0 Å². The molecular formula is C27H27F4N5O. The van der Waals surface area contributed by atoms with Crippen LogP contribution in [0.1, 0.15) is 29.3 Å². The van der Waals surface area contributed by atoms with Crippen LogP contribution in [0.2, 0.25) is 0 Å². The molecule has 6 nitrogen and oxygen atoms in total. The molecule has 1 atom stereocenters. The highest BCUT2D eigenvalue weighted by Crippen LogP contribution is 2.42. The smallest absolute Gasteiger partial charge is 0.271 e. The van der Waals surface area contributed by atoms with E-state index in [1.54, 1.807) is 6.07 Å². The third-order valence-corrected chi connectivity index (χ3v) is 7.11. The van der Waals surface area contributed by atoms with E-state index in [-0.39, 0.29) is 16.7 Å². The molecule has 10 heteroatoms. The third kappa shape index (κ3) is 4.66. The van der Waals surface area contributed by atoms with E-state index in [4.69, 9.17) is 0 Å². The van der Waals surface area contributed by atoms with Crippen molar-refractivity contribution in [3.05, 3.63) is 89.0 Å². The maximum absolute atomic E-state index is 14.5. The summed E-state index contributed by atoms with van der Waals surface area (Å²) in [4.78, 5) is 25.0. The summed E-state index contributed by atoms with van der Waals surface area (Å²) in [5.41, 5.74) is 0.470. The fourth-order valence-corrected chi connectivity index (χ4v) is 5.48. The number of rotatable bonds is 7. The van der Waals surface area contributed by atoms with Crippen molar-refractivity contribution >= 4 is 11.6 Å². The summed E-state index contributed by atoms with van der Waals surface area (Å²) in [5, 5.41) is 2.24. The van der Waals surface area contributed by atoms with Gasteiger partial charge < -0.3 is 10.2 Å². The fourth-order valence-electron chi connectivity index (χ4n) is 5.48. The molecule has 2 saturated heterocycles. The lowest BCUT2D eigenvalue weighted by atomic mass is 9.72. The standard InChI is InChI=1S/C27H27F4N5O/c1-17-7-21(11-32-9-17)36-15-26(16-36)13-35(14-26)12-19-3-6-24(33-10-19)27(25(30)31,34-18(2)37)20-4-5-22(28)23(29)8-20/h3-11,25H,12-16H2,1-2H3,(H,34,37)/t27-/m1/s1. The molecule has 2 fully saturated rings. The Hall–Kier alpha value is -3.53. The van der Waals surface area contributed by atoms with Crippen LogP contribution in [0, 0.1) is 24.0 Å². The van der Waals surface area contributed by atoms with E-state index in [9.17, 15) is 22.4 Å². The summed E-state index contributed by atoms with van der Waals surface area (Å²) in [7, 11) is 0. The largest absolute Gasteiger partial charge is 0.369 e. The molecule has 37 heavy (non-hydrogen) atoms. The van der Waals surface area contributed by atoms with Crippen LogP contribution >= 0.6 is 0 Å². The molecule has 0 bridgehead atoms. The van der Waals surface area contributed by atoms with Crippen LogP contribution < -0.4 is 10.2 Å². The highest BCUT2D eigenvalue weighted by atomic mass is 19.3. The molecule has 3 aromatic rings. The van der Waals surface area contributed by atoms with Crippen molar-refractivity contribution in [2.75, 3.05) is 31.1 Å². The van der Waals surface area contributed by atoms with Gasteiger partial charge in [0.15, 0.2) is 17.2 Å². The van der Waals surface area contributed by atoms with Crippen molar-refractivity contribution < 1.29 is 22.4 Å². The van der Waals surface area contributed by atoms with Crippen molar-refractivity contribution in [3.8, 4) is 0 Å². The van der Waals surface area contributed by atoms with Crippen LogP contribution in [-0.2, 0) is 16.9 Å². The number of benzene rings is 1. The Morgan fingerprint density at radius 3 is 2.41 bits per heavy atom. The number of likely N-dealkylation sites (tertiary alicyclic amines) is 1. The summed E-state index contributed by atoms with van der Waals surface area (Å²) < 4.78 is 56.5. The van der Waals surface area contributed by atoms with Gasteiger partial charge >= 0.3 is 0 Å². The first-order valence-electron chi connectivity index (χ1n) is 12.0. The SMILES string of the molecule is CC(=O)N[C@](c1ccc(F)c(F)c1)(c1ccc(CN2CC3(C2)CN(c2cncc(C)c2)C3)cn1)C(F)F. The Bertz CT molecular complexity index is 1300. The third-order valence-electron chi connectivity index (χ3n) is 7.11. The minimum atomic E-state index is -3.17. The van der Waals surface area contributed by atoms with E-state index >= 15 is 0 Å². The molecule has 1 amide bonds. The Morgan fingerprint density at radius 1 is 1.05 bits per heavy atom. The lowest BCUT2D eigenvalue weighted by Gasteiger charge is -2.61. The zero-order valence-corrected chi connectivity index (χ0v) is 20.5. The fraction of sp³-hybridized carbons (Fsp3) is 0.370. The van der Waals surface area contributed by atoms with E-state index in [0.29, 0.717) is 12.6 Å². The Morgan fingerprint density at radius 2 is 1.81 bits per heavy atom. The first kappa shape index (κ1) is 25.1. The van der Waals surface area contributed by atoms with E-state index in [1.165, 1.54) is 12.3 Å². The first-order valence-corrected chi connectivity index (χ1v) is 12.0. The average Bonchev–Trinajstić information content (AvgIpc) is 2.80. The molecule has 5 rings (SSSR count). The predicted molar refractivity (Wildman–Crippen MR) is 130 cm³/mol. The normalized spacial score (nSPS) is 18.3. The maximum Gasteiger partial charge on any atom is 0.271 e. The molecule has 194 valence electrons. The second-order valence-corrected chi connectivity index (χ2v) is 10.2. The number of pyridine rings is 2. The van der Waals surface area contributed by atoms with Crippen molar-refractivity contribution in [2.45, 2.75) is 32.4 Å². The summed E-state index contributed by atoms with van der Waals surface area (Å²) in [6.45, 7) is 7.49. The molecule has 1 aromatic carbocycles. The Labute approximate surface area is 212 Å². The lowest BCUT2D eigenvalue weighted by molar-refractivity contribution is -0.122. The summed E-state index contributed by atoms with van der Waals surface area (Å²) in [6.07, 6.45) is 2.04. The lowest BCUT2D eigenvalue weighted by Crippen LogP contribution is -2.72. The van der Waals surface area contributed by atoms with Crippen molar-refractivity contribution in [1.82, 2.24) is 20.2 Å². The van der Waals surface area contributed by atoms with Crippen molar-refractivity contribution in [1.29, 1.82) is 0 Å². The molecule has 2 aliphatic heterocycles. The second kappa shape index (κ2) is 9.41. The van der Waals surface area contributed by atoms with Gasteiger partial charge in [0.2, 0.25) is 5.91 Å². The zero-order valence-electron chi connectivity index (χ0n) is 20.5. The van der Waals surface area contributed by atoms with E-state index < -0.39 is 29.5 Å². The first-order chi connectivity index (χ1) is 17.6. The van der Waals surface area contributed by atoms with Crippen molar-refractivity contribution in [3.63, 3.8) is 0 Å². The Kier molecular flexibility index (Phi) is 6.39. The van der Waals surface area contributed by atoms with Gasteiger partial charge in [0.25, 0.3) is 6.43 Å². The quantitative estimate of drug-likeness (QED) is 0.484. The highest BCUT2D eigenvalue weighted by Gasteiger charge is 2.51. The maximum atomic E-state index is 14.5. The second-order valence-electron chi connectivity index (χ2n) is 10.2. The van der Waals surface area contributed by atoms with Crippen LogP contribution in [0.15, 0.2) is 55.0 Å². The predicted octanol–water partition coefficient (Wildman–Crippen LogP) is 4.03. The number of carbonyl (C=O) groups excluding carboxylic acids is 1. The van der Waals surface area contributed by atoms with Gasteiger partial charge in [0.05, 0.1) is 17.6 Å². The number of halogens is 4.